The number of carbonyl (C=O) groups excluding carboxylic acids is 4. The van der Waals surface area contributed by atoms with E-state index >= 15 is 0 Å². The standard InChI is InChI=1S/C20H27N5O8/c1-10(2)7-14-19(29)22-13(17(21)27)5-6-33-16-4-3-11(25(31)32)8-12(16)18(28)24-15(9-26)20(30)23-14/h3-4,8,10,13-15,26H,5-7,9H2,1-2H3,(H2,21,27)(H,22,29)(H,23,30)(H,24,28). The van der Waals surface area contributed by atoms with Crippen LogP contribution in [0.25, 0.3) is 0 Å². The van der Waals surface area contributed by atoms with Gasteiger partial charge in [-0.05, 0) is 18.4 Å². The molecule has 3 unspecified atom stereocenters. The first kappa shape index (κ1) is 25.5. The van der Waals surface area contributed by atoms with Crippen molar-refractivity contribution in [3.05, 3.63) is 33.9 Å². The highest BCUT2D eigenvalue weighted by atomic mass is 16.6. The highest BCUT2D eigenvalue weighted by molar-refractivity contribution is 6.01. The number of nitro groups is 1. The maximum atomic E-state index is 12.8. The minimum Gasteiger partial charge on any atom is -0.493 e. The first-order valence-corrected chi connectivity index (χ1v) is 10.3. The molecule has 1 heterocycles. The lowest BCUT2D eigenvalue weighted by Gasteiger charge is -2.26. The Hall–Kier alpha value is -3.74. The van der Waals surface area contributed by atoms with Crippen LogP contribution in [0.3, 0.4) is 0 Å². The van der Waals surface area contributed by atoms with Crippen LogP contribution < -0.4 is 26.4 Å². The number of nitrogens with one attached hydrogen (secondary N) is 3. The van der Waals surface area contributed by atoms with Crippen molar-refractivity contribution in [2.75, 3.05) is 13.2 Å². The number of hydrogen-bond acceptors (Lipinski definition) is 8. The van der Waals surface area contributed by atoms with Gasteiger partial charge in [0.2, 0.25) is 17.7 Å². The molecule has 0 aromatic heterocycles. The predicted octanol–water partition coefficient (Wildman–Crippen LogP) is -1.03. The summed E-state index contributed by atoms with van der Waals surface area (Å²) in [7, 11) is 0. The Labute approximate surface area is 189 Å². The largest absolute Gasteiger partial charge is 0.493 e. The Balaban J connectivity index is 2.46. The number of nitrogens with zero attached hydrogens (tertiary/aromatic N) is 1. The number of aliphatic hydroxyl groups excluding tert-OH is 1. The molecule has 2 rings (SSSR count). The fourth-order valence-electron chi connectivity index (χ4n) is 3.18. The van der Waals surface area contributed by atoms with E-state index in [1.807, 2.05) is 13.8 Å². The van der Waals surface area contributed by atoms with E-state index in [0.717, 1.165) is 12.1 Å². The van der Waals surface area contributed by atoms with Crippen molar-refractivity contribution in [3.63, 3.8) is 0 Å². The molecular formula is C20H27N5O8. The first-order valence-electron chi connectivity index (χ1n) is 10.3. The number of ether oxygens (including phenoxy) is 1. The highest BCUT2D eigenvalue weighted by Gasteiger charge is 2.31. The molecule has 0 saturated heterocycles. The third kappa shape index (κ3) is 6.87. The zero-order valence-electron chi connectivity index (χ0n) is 18.2. The van der Waals surface area contributed by atoms with Gasteiger partial charge >= 0.3 is 0 Å². The van der Waals surface area contributed by atoms with E-state index in [1.54, 1.807) is 0 Å². The summed E-state index contributed by atoms with van der Waals surface area (Å²) in [5.41, 5.74) is 4.75. The number of primary amides is 1. The van der Waals surface area contributed by atoms with Gasteiger partial charge in [0, 0.05) is 18.6 Å². The molecule has 1 aliphatic rings. The number of benzene rings is 1. The van der Waals surface area contributed by atoms with Gasteiger partial charge in [-0.25, -0.2) is 0 Å². The predicted molar refractivity (Wildman–Crippen MR) is 114 cm³/mol. The second kappa shape index (κ2) is 11.2. The molecule has 180 valence electrons. The molecule has 0 bridgehead atoms. The number of nitrogens with two attached hydrogens (primary N) is 1. The van der Waals surface area contributed by atoms with E-state index in [1.165, 1.54) is 6.07 Å². The summed E-state index contributed by atoms with van der Waals surface area (Å²) >= 11 is 0. The molecule has 1 aromatic rings. The lowest BCUT2D eigenvalue weighted by Crippen LogP contribution is -2.57. The molecule has 0 radical (unpaired) electrons. The van der Waals surface area contributed by atoms with Crippen LogP contribution in [-0.2, 0) is 14.4 Å². The van der Waals surface area contributed by atoms with Crippen LogP contribution in [0, 0.1) is 16.0 Å². The van der Waals surface area contributed by atoms with E-state index in [0.29, 0.717) is 0 Å². The molecule has 0 saturated carbocycles. The van der Waals surface area contributed by atoms with Gasteiger partial charge in [0.15, 0.2) is 0 Å². The number of amides is 4. The molecule has 13 nitrogen and oxygen atoms in total. The van der Waals surface area contributed by atoms with Crippen molar-refractivity contribution in [2.24, 2.45) is 11.7 Å². The van der Waals surface area contributed by atoms with Gasteiger partial charge in [-0.15, -0.1) is 0 Å². The fourth-order valence-corrected chi connectivity index (χ4v) is 3.18. The zero-order chi connectivity index (χ0) is 24.7. The van der Waals surface area contributed by atoms with Crippen LogP contribution in [0.4, 0.5) is 5.69 Å². The van der Waals surface area contributed by atoms with Crippen molar-refractivity contribution < 1.29 is 33.9 Å². The first-order chi connectivity index (χ1) is 15.5. The number of fused-ring (bicyclic) bond motifs is 1. The third-order valence-corrected chi connectivity index (χ3v) is 4.89. The minimum atomic E-state index is -1.46. The summed E-state index contributed by atoms with van der Waals surface area (Å²) in [5, 5.41) is 28.0. The van der Waals surface area contributed by atoms with E-state index < -0.39 is 59.0 Å². The highest BCUT2D eigenvalue weighted by Crippen LogP contribution is 2.25. The molecule has 6 N–H and O–H groups in total. The van der Waals surface area contributed by atoms with Gasteiger partial charge in [0.1, 0.15) is 23.9 Å². The number of aliphatic hydroxyl groups is 1. The van der Waals surface area contributed by atoms with Gasteiger partial charge in [-0.2, -0.15) is 0 Å². The maximum absolute atomic E-state index is 12.8. The summed E-state index contributed by atoms with van der Waals surface area (Å²) in [6, 6.07) is -0.364. The van der Waals surface area contributed by atoms with E-state index in [4.69, 9.17) is 10.5 Å². The fraction of sp³-hybridized carbons (Fsp3) is 0.500. The average Bonchev–Trinajstić information content (AvgIpc) is 2.74. The smallest absolute Gasteiger partial charge is 0.270 e. The molecule has 0 fully saturated rings. The third-order valence-electron chi connectivity index (χ3n) is 4.89. The Morgan fingerprint density at radius 2 is 1.88 bits per heavy atom. The van der Waals surface area contributed by atoms with Crippen LogP contribution in [0.15, 0.2) is 18.2 Å². The summed E-state index contributed by atoms with van der Waals surface area (Å²) in [6.07, 6.45) is 0.154. The molecule has 13 heteroatoms. The Morgan fingerprint density at radius 3 is 2.45 bits per heavy atom. The molecule has 33 heavy (non-hydrogen) atoms. The van der Waals surface area contributed by atoms with Gasteiger partial charge in [0.05, 0.1) is 23.7 Å². The molecule has 1 aliphatic heterocycles. The van der Waals surface area contributed by atoms with Crippen LogP contribution >= 0.6 is 0 Å². The monoisotopic (exact) mass is 465 g/mol. The lowest BCUT2D eigenvalue weighted by atomic mass is 10.0. The molecule has 0 spiro atoms. The molecule has 4 amide bonds. The normalized spacial score (nSPS) is 22.2. The van der Waals surface area contributed by atoms with Gasteiger partial charge in [0.25, 0.3) is 11.6 Å². The van der Waals surface area contributed by atoms with Crippen molar-refractivity contribution in [1.82, 2.24) is 16.0 Å². The van der Waals surface area contributed by atoms with Crippen molar-refractivity contribution in [3.8, 4) is 5.75 Å². The topological polar surface area (TPSA) is 203 Å². The Bertz CT molecular complexity index is 935. The van der Waals surface area contributed by atoms with E-state index in [-0.39, 0.29) is 36.7 Å². The van der Waals surface area contributed by atoms with Crippen LogP contribution in [-0.4, -0.2) is 65.0 Å². The number of rotatable bonds is 5. The lowest BCUT2D eigenvalue weighted by molar-refractivity contribution is -0.384. The molecule has 1 aromatic carbocycles. The Morgan fingerprint density at radius 1 is 1.21 bits per heavy atom. The Kier molecular flexibility index (Phi) is 8.68. The summed E-state index contributed by atoms with van der Waals surface area (Å²) in [4.78, 5) is 60.5. The van der Waals surface area contributed by atoms with Crippen LogP contribution in [0.1, 0.15) is 37.0 Å². The van der Waals surface area contributed by atoms with Crippen LogP contribution in [0.2, 0.25) is 0 Å². The van der Waals surface area contributed by atoms with Gasteiger partial charge in [-0.1, -0.05) is 13.8 Å². The number of carbonyl (C=O) groups is 4. The molecule has 0 aliphatic carbocycles. The summed E-state index contributed by atoms with van der Waals surface area (Å²) in [6.45, 7) is 2.68. The van der Waals surface area contributed by atoms with Gasteiger partial charge < -0.3 is 31.5 Å². The average molecular weight is 465 g/mol. The minimum absolute atomic E-state index is 0.0233. The number of hydrogen-bond donors (Lipinski definition) is 5. The second-order valence-corrected chi connectivity index (χ2v) is 7.94. The maximum Gasteiger partial charge on any atom is 0.270 e. The van der Waals surface area contributed by atoms with Crippen molar-refractivity contribution in [2.45, 2.75) is 44.8 Å². The molecular weight excluding hydrogens is 438 g/mol. The zero-order valence-corrected chi connectivity index (χ0v) is 18.2. The van der Waals surface area contributed by atoms with Crippen molar-refractivity contribution >= 4 is 29.3 Å². The van der Waals surface area contributed by atoms with Crippen molar-refractivity contribution in [1.29, 1.82) is 0 Å². The number of non-ortho nitro benzene ring substituents is 1. The van der Waals surface area contributed by atoms with E-state index in [2.05, 4.69) is 16.0 Å². The molecule has 3 atom stereocenters. The van der Waals surface area contributed by atoms with E-state index in [9.17, 15) is 34.4 Å². The summed E-state index contributed by atoms with van der Waals surface area (Å²) in [5.74, 6) is -3.33. The van der Waals surface area contributed by atoms with Gasteiger partial charge in [-0.3, -0.25) is 29.3 Å². The SMILES string of the molecule is CC(C)CC1NC(=O)C(CO)NC(=O)c2cc([N+](=O)[O-])ccc2OCCC(C(N)=O)NC1=O. The second-order valence-electron chi connectivity index (χ2n) is 7.94. The van der Waals surface area contributed by atoms with Crippen LogP contribution in [0.5, 0.6) is 5.75 Å². The summed E-state index contributed by atoms with van der Waals surface area (Å²) < 4.78 is 5.53. The quantitative estimate of drug-likeness (QED) is 0.268. The number of nitro benzene ring substituents is 1.